The van der Waals surface area contributed by atoms with Crippen LogP contribution >= 0.6 is 0 Å². The van der Waals surface area contributed by atoms with Crippen molar-refractivity contribution in [2.45, 2.75) is 10.8 Å². The Morgan fingerprint density at radius 1 is 0.267 bits per heavy atom. The Morgan fingerprint density at radius 2 is 0.483 bits per heavy atom. The van der Waals surface area contributed by atoms with E-state index in [1.165, 1.54) is 302 Å². The quantitative estimate of drug-likeness (QED) is 0.0434. The van der Waals surface area contributed by atoms with Crippen LogP contribution in [0.4, 0.5) is 0 Å². The van der Waals surface area contributed by atoms with Crippen molar-refractivity contribution in [1.29, 1.82) is 0 Å². The monoisotopic (exact) mass is 1550 g/mol. The molecule has 0 atom stereocenters. The summed E-state index contributed by atoms with van der Waals surface area (Å²) in [5.74, 6) is -0.413. The maximum absolute atomic E-state index is 17.9. The average molecular weight is 1560 g/mol. The van der Waals surface area contributed by atoms with Crippen molar-refractivity contribution in [3.63, 3.8) is 0 Å². The second-order valence-corrected chi connectivity index (χ2v) is 37.5. The molecule has 1 fully saturated rings. The van der Waals surface area contributed by atoms with Gasteiger partial charge in [-0.2, -0.15) is 0 Å². The number of carbonyl (C=O) groups is 2. The van der Waals surface area contributed by atoms with Gasteiger partial charge in [-0.15, -0.1) is 22.1 Å². The van der Waals surface area contributed by atoms with E-state index in [9.17, 15) is 0 Å². The minimum absolute atomic E-state index is 0. The number of hydrogen-bond donors (Lipinski definition) is 0. The number of carbonyl (C=O) groups excluding carboxylic acids is 2. The minimum atomic E-state index is -1.87. The van der Waals surface area contributed by atoms with Gasteiger partial charge in [0.2, 0.25) is 0 Å². The standard InChI is InChI=1S/C110H34N4O5.Zn/c1-117-106(115)110(107(116)119-30-29-118-35-19-17-34(18-20-35)47-42-27-25-40(113-42)45(32-13-7-3-8-14-32)38-23-21-36(111-38)44(31-11-5-2-6-12-31)37-22-24-39(112-37)46(33-15-9-4-10-16-33)41-26-28-43(47)114-41)108-102-94-86-76-66-58-50-48-49-52-56-54(50)62-70-64(56)74-68-60(52)61-53(49)57-55-51(48)59(58)67-73-63(55)71-65(57)75-69(61)79-78(68)88-82(74)92-84(70)90(80(86)72(62)66)98(102)100(92)104-96(88)97-89(79)83(75)93-85(71)91-81(73)87(77(67)76)95(94)103(108)99(91)101(93)105(97)109(104,108)110;/h2-28H,29-30H2,1H3;/q-2;+2. The van der Waals surface area contributed by atoms with E-state index in [1.807, 2.05) is 30.3 Å². The summed E-state index contributed by atoms with van der Waals surface area (Å²) < 4.78 is 20.7. The van der Waals surface area contributed by atoms with Crippen LogP contribution in [0.5, 0.6) is 5.75 Å². The van der Waals surface area contributed by atoms with Gasteiger partial charge in [-0.1, -0.05) is 127 Å². The smallest absolute Gasteiger partial charge is 0.657 e. The summed E-state index contributed by atoms with van der Waals surface area (Å²) >= 11 is 0. The number of fused-ring (bicyclic) bond motifs is 8. The van der Waals surface area contributed by atoms with Crippen molar-refractivity contribution in [3.05, 3.63) is 185 Å². The normalized spacial score (nSPS) is 19.1. The van der Waals surface area contributed by atoms with Crippen LogP contribution in [-0.2, 0) is 49.4 Å². The first-order valence-corrected chi connectivity index (χ1v) is 42.0. The number of ether oxygens (including phenoxy) is 3. The Hall–Kier alpha value is -14.7. The van der Waals surface area contributed by atoms with Gasteiger partial charge in [-0.3, -0.25) is 9.59 Å². The van der Waals surface area contributed by atoms with Crippen molar-refractivity contribution in [3.8, 4) is 50.3 Å². The van der Waals surface area contributed by atoms with Gasteiger partial charge in [0.1, 0.15) is 19.0 Å². The van der Waals surface area contributed by atoms with Gasteiger partial charge < -0.3 is 24.2 Å². The molecule has 5 heterocycles. The number of esters is 2. The Morgan fingerprint density at radius 3 is 0.708 bits per heavy atom. The molecule has 0 N–H and O–H groups in total. The molecule has 2 spiro atoms. The summed E-state index contributed by atoms with van der Waals surface area (Å²) in [6.07, 6.45) is 8.42. The molecule has 10 heteroatoms. The van der Waals surface area contributed by atoms with E-state index in [2.05, 4.69) is 133 Å². The van der Waals surface area contributed by atoms with Crippen LogP contribution in [0, 0.1) is 5.41 Å². The Labute approximate surface area is 678 Å². The van der Waals surface area contributed by atoms with E-state index in [0.29, 0.717) is 5.75 Å². The van der Waals surface area contributed by atoms with E-state index in [0.717, 1.165) is 89.4 Å². The van der Waals surface area contributed by atoms with Crippen molar-refractivity contribution in [1.82, 2.24) is 19.9 Å². The van der Waals surface area contributed by atoms with E-state index in [1.54, 1.807) is 17.9 Å². The van der Waals surface area contributed by atoms with Crippen LogP contribution in [0.15, 0.2) is 140 Å². The molecule has 2 aliphatic heterocycles. The first kappa shape index (κ1) is 55.0. The zero-order chi connectivity index (χ0) is 74.4. The predicted octanol–water partition coefficient (Wildman–Crippen LogP) is 26.0. The molecular weight excluding hydrogens is 1520 g/mol. The van der Waals surface area contributed by atoms with Gasteiger partial charge in [0.15, 0.2) is 5.41 Å². The maximum atomic E-state index is 17.9. The predicted molar refractivity (Wildman–Crippen MR) is 483 cm³/mol. The third-order valence-corrected chi connectivity index (χ3v) is 34.7. The molecule has 9 nitrogen and oxygen atoms in total. The number of methoxy groups -OCH3 is 1. The van der Waals surface area contributed by atoms with E-state index >= 15 is 9.59 Å². The molecule has 7 aliphatic rings. The van der Waals surface area contributed by atoms with Crippen molar-refractivity contribution >= 4 is 349 Å². The summed E-state index contributed by atoms with van der Waals surface area (Å²) in [5.41, 5.74) is 14.3. The molecule has 526 valence electrons. The van der Waals surface area contributed by atoms with Crippen molar-refractivity contribution in [2.24, 2.45) is 5.41 Å². The first-order valence-electron chi connectivity index (χ1n) is 42.0. The van der Waals surface area contributed by atoms with Gasteiger partial charge in [0.05, 0.1) is 40.7 Å². The summed E-state index contributed by atoms with van der Waals surface area (Å²) in [7, 11) is 1.55. The second kappa shape index (κ2) is 15.2. The topological polar surface area (TPSA) is 116 Å². The van der Waals surface area contributed by atoms with Gasteiger partial charge in [0, 0.05) is 0 Å². The van der Waals surface area contributed by atoms with Crippen LogP contribution in [-0.4, -0.2) is 42.2 Å². The van der Waals surface area contributed by atoms with Crippen molar-refractivity contribution in [2.75, 3.05) is 20.3 Å². The molecule has 0 unspecified atom stereocenters. The fourth-order valence-electron chi connectivity index (χ4n) is 32.6. The molecule has 32 aromatic carbocycles. The molecular formula is C110H34N4O5Zn. The third kappa shape index (κ3) is 4.10. The van der Waals surface area contributed by atoms with Crippen LogP contribution in [0.3, 0.4) is 0 Å². The second-order valence-electron chi connectivity index (χ2n) is 37.5. The molecule has 8 bridgehead atoms. The maximum Gasteiger partial charge on any atom is 2.00 e. The van der Waals surface area contributed by atoms with Crippen molar-refractivity contribution < 1.29 is 43.3 Å². The molecule has 120 heavy (non-hydrogen) atoms. The van der Waals surface area contributed by atoms with E-state index in [-0.39, 0.29) is 32.7 Å². The molecule has 5 aliphatic carbocycles. The first-order chi connectivity index (χ1) is 59.0. The number of rotatable bonds is 10. The summed E-state index contributed by atoms with van der Waals surface area (Å²) in [6, 6.07) is 47.9. The summed E-state index contributed by atoms with van der Waals surface area (Å²) in [6.45, 7) is -0.0685. The average Bonchev–Trinajstić information content (AvgIpc) is 1.35. The van der Waals surface area contributed by atoms with E-state index in [4.69, 9.17) is 34.1 Å². The number of benzene rings is 22. The van der Waals surface area contributed by atoms with Crippen LogP contribution < -0.4 is 14.7 Å². The zero-order valence-electron chi connectivity index (χ0n) is 62.5. The van der Waals surface area contributed by atoms with Gasteiger partial charge in [-0.05, 0) is 394 Å². The van der Waals surface area contributed by atoms with Crippen LogP contribution in [0.2, 0.25) is 0 Å². The summed E-state index contributed by atoms with van der Waals surface area (Å²) in [4.78, 5) is 57.4. The van der Waals surface area contributed by atoms with Gasteiger partial charge >= 0.3 is 31.4 Å². The molecule has 3 aromatic heterocycles. The fraction of sp³-hybridized carbons (Fsp3) is 0.0545. The molecule has 0 amide bonds. The fourth-order valence-corrected chi connectivity index (χ4v) is 32.6. The zero-order valence-corrected chi connectivity index (χ0v) is 65.5. The molecule has 0 radical (unpaired) electrons. The van der Waals surface area contributed by atoms with Gasteiger partial charge in [-0.25, -0.2) is 9.97 Å². The number of aromatic nitrogens is 4. The Kier molecular flexibility index (Phi) is 6.98. The molecule has 0 saturated heterocycles. The molecule has 1 saturated carbocycles. The number of nitrogens with zero attached hydrogens (tertiary/aromatic N) is 4. The Balaban J connectivity index is 0.00000617. The third-order valence-electron chi connectivity index (χ3n) is 34.7. The molecule has 42 rings (SSSR count). The molecule has 35 aromatic rings. The largest absolute Gasteiger partial charge is 2.00 e. The van der Waals surface area contributed by atoms with Crippen LogP contribution in [0.25, 0.3) is 382 Å². The minimum Gasteiger partial charge on any atom is -0.657 e. The Bertz CT molecular complexity index is 10400. The SMILES string of the molecule is COC(=O)C1(C(=O)OCCOc2ccc(-c3c4nc(c(-c5ccccc5)c5ccc([n-]5)c(-c5ccccc5)c5nc(c(-c6ccccc6)c6ccc3[n-]6)C=C5)C=C4)cc2)C23c4c5c6c7c8c9c(c%10c%11c2c2c4c4c%12c5c5c6c6c8c8c%13c9c9c%10c%10c%11c%11c2c2c4c4c%12c%12c5c5c6c8c6c8c%13c9c9c%10c%10c%11c2c2c4c4c%12c5c6c5c8c9c%10c2c45)C713.[Zn+2]. The van der Waals surface area contributed by atoms with E-state index < -0.39 is 28.2 Å². The summed E-state index contributed by atoms with van der Waals surface area (Å²) in [5, 5.41) is 77.8. The number of hydrogen-bond acceptors (Lipinski definition) is 7. The van der Waals surface area contributed by atoms with Crippen LogP contribution in [0.1, 0.15) is 45.0 Å². The van der Waals surface area contributed by atoms with Gasteiger partial charge in [0.25, 0.3) is 0 Å².